The molecule has 2 N–H and O–H groups in total. The summed E-state index contributed by atoms with van der Waals surface area (Å²) in [4.78, 5) is 12.5. The van der Waals surface area contributed by atoms with Crippen molar-refractivity contribution in [3.05, 3.63) is 76.8 Å². The van der Waals surface area contributed by atoms with Gasteiger partial charge in [-0.05, 0) is 70.0 Å². The number of hydrogen-bond donors (Lipinski definition) is 2. The number of para-hydroxylation sites is 1. The van der Waals surface area contributed by atoms with Crippen molar-refractivity contribution in [3.8, 4) is 34.3 Å². The maximum absolute atomic E-state index is 12.5. The lowest BCUT2D eigenvalue weighted by Gasteiger charge is -2.10. The summed E-state index contributed by atoms with van der Waals surface area (Å²) in [5.74, 6) is 1.45. The molecular formula is C25H22BrN5O4S. The minimum atomic E-state index is -0.310. The quantitative estimate of drug-likeness (QED) is 0.172. The molecular weight excluding hydrogens is 546 g/mol. The van der Waals surface area contributed by atoms with Gasteiger partial charge in [0.1, 0.15) is 5.75 Å². The Morgan fingerprint density at radius 2 is 1.86 bits per heavy atom. The molecule has 0 fully saturated rings. The molecule has 0 aliphatic carbocycles. The van der Waals surface area contributed by atoms with E-state index < -0.39 is 0 Å². The molecule has 0 saturated heterocycles. The molecule has 3 aromatic carbocycles. The van der Waals surface area contributed by atoms with Crippen LogP contribution in [-0.2, 0) is 4.79 Å². The molecule has 0 spiro atoms. The molecule has 1 amide bonds. The maximum Gasteiger partial charge on any atom is 0.250 e. The molecule has 0 aliphatic heterocycles. The minimum absolute atomic E-state index is 0.00776. The maximum atomic E-state index is 12.5. The lowest BCUT2D eigenvalue weighted by atomic mass is 10.2. The van der Waals surface area contributed by atoms with Crippen LogP contribution < -0.4 is 14.9 Å². The Morgan fingerprint density at radius 3 is 2.56 bits per heavy atom. The van der Waals surface area contributed by atoms with Crippen molar-refractivity contribution in [2.24, 2.45) is 5.10 Å². The average molecular weight is 568 g/mol. The number of aromatic hydroxyl groups is 1. The van der Waals surface area contributed by atoms with Gasteiger partial charge >= 0.3 is 0 Å². The van der Waals surface area contributed by atoms with Crippen molar-refractivity contribution in [1.82, 2.24) is 20.2 Å². The van der Waals surface area contributed by atoms with E-state index in [0.29, 0.717) is 26.8 Å². The van der Waals surface area contributed by atoms with Crippen molar-refractivity contribution in [2.75, 3.05) is 20.0 Å². The number of hydrazone groups is 1. The molecule has 4 rings (SSSR count). The predicted octanol–water partition coefficient (Wildman–Crippen LogP) is 4.66. The summed E-state index contributed by atoms with van der Waals surface area (Å²) in [5, 5.41) is 23.2. The third kappa shape index (κ3) is 5.86. The van der Waals surface area contributed by atoms with Gasteiger partial charge in [-0.15, -0.1) is 10.2 Å². The highest BCUT2D eigenvalue weighted by Gasteiger charge is 2.17. The number of ether oxygens (including phenoxy) is 2. The third-order valence-corrected chi connectivity index (χ3v) is 6.54. The number of phenolic OH excluding ortho intramolecular Hbond substituents is 1. The summed E-state index contributed by atoms with van der Waals surface area (Å²) in [6, 6.07) is 20.5. The van der Waals surface area contributed by atoms with E-state index in [2.05, 4.69) is 36.7 Å². The highest BCUT2D eigenvalue weighted by molar-refractivity contribution is 9.10. The molecule has 184 valence electrons. The van der Waals surface area contributed by atoms with Crippen LogP contribution in [0.4, 0.5) is 0 Å². The zero-order valence-electron chi connectivity index (χ0n) is 19.4. The SMILES string of the molecule is COc1ccc(-c2nnc(SCC(=O)N/N=C\c3cc(Br)c(O)c(OC)c3)n2-c2ccccc2)cc1. The van der Waals surface area contributed by atoms with E-state index in [9.17, 15) is 9.90 Å². The van der Waals surface area contributed by atoms with Gasteiger partial charge in [-0.3, -0.25) is 9.36 Å². The van der Waals surface area contributed by atoms with E-state index in [0.717, 1.165) is 17.0 Å². The van der Waals surface area contributed by atoms with E-state index in [1.165, 1.54) is 25.1 Å². The number of amides is 1. The van der Waals surface area contributed by atoms with Crippen LogP contribution in [0.3, 0.4) is 0 Å². The van der Waals surface area contributed by atoms with Crippen molar-refractivity contribution in [3.63, 3.8) is 0 Å². The van der Waals surface area contributed by atoms with Gasteiger partial charge in [0.25, 0.3) is 5.91 Å². The Morgan fingerprint density at radius 1 is 1.11 bits per heavy atom. The van der Waals surface area contributed by atoms with E-state index >= 15 is 0 Å². The second kappa shape index (κ2) is 11.7. The summed E-state index contributed by atoms with van der Waals surface area (Å²) in [5.41, 5.74) is 4.88. The van der Waals surface area contributed by atoms with Crippen LogP contribution in [-0.4, -0.2) is 52.0 Å². The molecule has 0 atom stereocenters. The van der Waals surface area contributed by atoms with Crippen LogP contribution >= 0.6 is 27.7 Å². The fourth-order valence-electron chi connectivity index (χ4n) is 3.27. The fourth-order valence-corrected chi connectivity index (χ4v) is 4.47. The number of halogens is 1. The van der Waals surface area contributed by atoms with Crippen molar-refractivity contribution >= 4 is 39.8 Å². The molecule has 9 nitrogen and oxygen atoms in total. The zero-order chi connectivity index (χ0) is 25.5. The number of phenols is 1. The second-order valence-electron chi connectivity index (χ2n) is 7.34. The normalized spacial score (nSPS) is 11.0. The molecule has 4 aromatic rings. The minimum Gasteiger partial charge on any atom is -0.503 e. The highest BCUT2D eigenvalue weighted by atomic mass is 79.9. The first-order valence-corrected chi connectivity index (χ1v) is 12.4. The summed E-state index contributed by atoms with van der Waals surface area (Å²) >= 11 is 4.51. The molecule has 36 heavy (non-hydrogen) atoms. The molecule has 1 aromatic heterocycles. The second-order valence-corrected chi connectivity index (χ2v) is 9.14. The number of carbonyl (C=O) groups is 1. The molecule has 0 unspecified atom stereocenters. The van der Waals surface area contributed by atoms with Gasteiger partial charge in [-0.1, -0.05) is 30.0 Å². The Labute approximate surface area is 220 Å². The standard InChI is InChI=1S/C25H22BrN5O4S/c1-34-19-10-8-17(9-11-19)24-29-30-25(31(24)18-6-4-3-5-7-18)36-15-22(32)28-27-14-16-12-20(26)23(33)21(13-16)35-2/h3-14,33H,15H2,1-2H3,(H,28,32)/b27-14-. The monoisotopic (exact) mass is 567 g/mol. The average Bonchev–Trinajstić information content (AvgIpc) is 3.34. The Bertz CT molecular complexity index is 1380. The number of methoxy groups -OCH3 is 2. The van der Waals surface area contributed by atoms with Gasteiger partial charge in [0.2, 0.25) is 0 Å². The Balaban J connectivity index is 1.48. The number of thioether (sulfide) groups is 1. The van der Waals surface area contributed by atoms with E-state index in [4.69, 9.17) is 9.47 Å². The summed E-state index contributed by atoms with van der Waals surface area (Å²) in [7, 11) is 3.07. The lowest BCUT2D eigenvalue weighted by molar-refractivity contribution is -0.118. The number of benzene rings is 3. The van der Waals surface area contributed by atoms with Gasteiger partial charge in [0, 0.05) is 11.3 Å². The zero-order valence-corrected chi connectivity index (χ0v) is 21.8. The molecule has 0 aliphatic rings. The summed E-state index contributed by atoms with van der Waals surface area (Å²) < 4.78 is 12.7. The van der Waals surface area contributed by atoms with Crippen LogP contribution in [0.5, 0.6) is 17.2 Å². The van der Waals surface area contributed by atoms with Crippen LogP contribution in [0.25, 0.3) is 17.1 Å². The summed E-state index contributed by atoms with van der Waals surface area (Å²) in [6.45, 7) is 0. The van der Waals surface area contributed by atoms with Crippen molar-refractivity contribution < 1.29 is 19.4 Å². The number of rotatable bonds is 9. The van der Waals surface area contributed by atoms with Gasteiger partial charge < -0.3 is 14.6 Å². The smallest absolute Gasteiger partial charge is 0.250 e. The third-order valence-electron chi connectivity index (χ3n) is 5.00. The molecule has 0 saturated carbocycles. The van der Waals surface area contributed by atoms with Gasteiger partial charge in [0.15, 0.2) is 22.5 Å². The first-order chi connectivity index (χ1) is 17.5. The van der Waals surface area contributed by atoms with Gasteiger partial charge in [0.05, 0.1) is 30.7 Å². The van der Waals surface area contributed by atoms with Crippen LogP contribution in [0, 0.1) is 0 Å². The van der Waals surface area contributed by atoms with Crippen LogP contribution in [0.1, 0.15) is 5.56 Å². The van der Waals surface area contributed by atoms with Crippen LogP contribution in [0.2, 0.25) is 0 Å². The van der Waals surface area contributed by atoms with E-state index in [-0.39, 0.29) is 17.4 Å². The van der Waals surface area contributed by atoms with E-state index in [1.54, 1.807) is 19.2 Å². The first kappa shape index (κ1) is 25.3. The first-order valence-electron chi connectivity index (χ1n) is 10.7. The molecule has 0 bridgehead atoms. The van der Waals surface area contributed by atoms with Crippen LogP contribution in [0.15, 0.2) is 81.5 Å². The fraction of sp³-hybridized carbons (Fsp3) is 0.120. The number of nitrogens with one attached hydrogen (secondary N) is 1. The number of aromatic nitrogens is 3. The van der Waals surface area contributed by atoms with Gasteiger partial charge in [-0.25, -0.2) is 5.43 Å². The number of carbonyl (C=O) groups excluding carboxylic acids is 1. The Hall–Kier alpha value is -3.83. The lowest BCUT2D eigenvalue weighted by Crippen LogP contribution is -2.20. The largest absolute Gasteiger partial charge is 0.503 e. The topological polar surface area (TPSA) is 111 Å². The number of hydrogen-bond acceptors (Lipinski definition) is 8. The Kier molecular flexibility index (Phi) is 8.24. The van der Waals surface area contributed by atoms with Crippen molar-refractivity contribution in [2.45, 2.75) is 5.16 Å². The predicted molar refractivity (Wildman–Crippen MR) is 142 cm³/mol. The van der Waals surface area contributed by atoms with Gasteiger partial charge in [-0.2, -0.15) is 5.10 Å². The number of nitrogens with zero attached hydrogens (tertiary/aromatic N) is 4. The molecule has 11 heteroatoms. The molecule has 1 heterocycles. The highest BCUT2D eigenvalue weighted by Crippen LogP contribution is 2.34. The van der Waals surface area contributed by atoms with E-state index in [1.807, 2.05) is 59.2 Å². The molecule has 0 radical (unpaired) electrons. The summed E-state index contributed by atoms with van der Waals surface area (Å²) in [6.07, 6.45) is 1.46. The van der Waals surface area contributed by atoms with Crippen molar-refractivity contribution in [1.29, 1.82) is 0 Å².